The van der Waals surface area contributed by atoms with E-state index in [0.717, 1.165) is 40.9 Å². The van der Waals surface area contributed by atoms with Gasteiger partial charge in [0.05, 0.1) is 33.4 Å². The normalized spacial score (nSPS) is 15.5. The van der Waals surface area contributed by atoms with Crippen LogP contribution in [0.4, 0.5) is 11.4 Å². The minimum Gasteiger partial charge on any atom is -0.494 e. The Bertz CT molecular complexity index is 978. The van der Waals surface area contributed by atoms with E-state index in [9.17, 15) is 0 Å². The predicted octanol–water partition coefficient (Wildman–Crippen LogP) is 5.24. The Hall–Kier alpha value is -3.04. The van der Waals surface area contributed by atoms with E-state index in [4.69, 9.17) is 37.0 Å². The van der Waals surface area contributed by atoms with Gasteiger partial charge in [-0.3, -0.25) is 0 Å². The van der Waals surface area contributed by atoms with Crippen molar-refractivity contribution in [3.63, 3.8) is 0 Å². The topological polar surface area (TPSA) is 99.4 Å². The van der Waals surface area contributed by atoms with Gasteiger partial charge in [0.1, 0.15) is 40.2 Å². The number of hydrogen-bond donors (Lipinski definition) is 3. The first-order chi connectivity index (χ1) is 17.1. The maximum absolute atomic E-state index is 5.55. The molecule has 2 aliphatic rings. The third-order valence-electron chi connectivity index (χ3n) is 6.43. The lowest BCUT2D eigenvalue weighted by Gasteiger charge is -2.27. The summed E-state index contributed by atoms with van der Waals surface area (Å²) in [5.41, 5.74) is 4.20. The summed E-state index contributed by atoms with van der Waals surface area (Å²) in [6.07, 6.45) is 7.12. The number of ether oxygens (including phenoxy) is 4. The maximum atomic E-state index is 5.55. The molecule has 35 heavy (non-hydrogen) atoms. The van der Waals surface area contributed by atoms with Crippen molar-refractivity contribution in [2.24, 2.45) is 22.7 Å². The highest BCUT2D eigenvalue weighted by Gasteiger charge is 2.24. The molecule has 0 spiro atoms. The summed E-state index contributed by atoms with van der Waals surface area (Å²) >= 11 is 5.40. The van der Waals surface area contributed by atoms with E-state index in [1.165, 1.54) is 25.7 Å². The molecule has 0 radical (unpaired) electrons. The van der Waals surface area contributed by atoms with Gasteiger partial charge in [0.15, 0.2) is 0 Å². The van der Waals surface area contributed by atoms with E-state index in [0.29, 0.717) is 29.0 Å². The van der Waals surface area contributed by atoms with Gasteiger partial charge in [-0.15, -0.1) is 0 Å². The van der Waals surface area contributed by atoms with Crippen molar-refractivity contribution in [1.29, 1.82) is 0 Å². The molecule has 2 aromatic carbocycles. The van der Waals surface area contributed by atoms with Crippen molar-refractivity contribution < 1.29 is 18.9 Å². The van der Waals surface area contributed by atoms with Crippen LogP contribution in [0, 0.1) is 11.8 Å². The van der Waals surface area contributed by atoms with Crippen molar-refractivity contribution >= 4 is 34.4 Å². The highest BCUT2D eigenvalue weighted by atomic mass is 32.1. The van der Waals surface area contributed by atoms with Gasteiger partial charge < -0.3 is 29.7 Å². The van der Waals surface area contributed by atoms with Crippen molar-refractivity contribution in [2.45, 2.75) is 38.5 Å². The van der Waals surface area contributed by atoms with Crippen LogP contribution in [-0.2, 0) is 0 Å². The van der Waals surface area contributed by atoms with Gasteiger partial charge in [0, 0.05) is 11.8 Å². The standard InChI is InChI=1S/C13H19N3O2.C13H17NO2S/c1-17-10-7-4-8-11(18-2)12(10)15-13(16-14)9-5-3-6-9;1-15-10-7-4-8-11(16-2)12(10)14-13(17)9-5-3-6-9/h4,7-9H,3,5-6,14H2,1-2H3,(H,15,16);4,7-9H,3,5-6H2,1-2H3,(H,14,17). The molecular weight excluding hydrogens is 464 g/mol. The number of rotatable bonds is 8. The fourth-order valence-corrected chi connectivity index (χ4v) is 4.19. The highest BCUT2D eigenvalue weighted by molar-refractivity contribution is 7.80. The van der Waals surface area contributed by atoms with Crippen LogP contribution in [0.3, 0.4) is 0 Å². The molecule has 4 N–H and O–H groups in total. The smallest absolute Gasteiger partial charge is 0.149 e. The summed E-state index contributed by atoms with van der Waals surface area (Å²) in [6, 6.07) is 11.3. The molecule has 9 heteroatoms. The molecule has 8 nitrogen and oxygen atoms in total. The number of aliphatic imine (C=N–C) groups is 1. The summed E-state index contributed by atoms with van der Waals surface area (Å²) in [5, 5.41) is 3.26. The van der Waals surface area contributed by atoms with Gasteiger partial charge in [0.25, 0.3) is 0 Å². The fraction of sp³-hybridized carbons (Fsp3) is 0.462. The quantitative estimate of drug-likeness (QED) is 0.149. The number of amidine groups is 1. The van der Waals surface area contributed by atoms with E-state index in [2.05, 4.69) is 15.7 Å². The number of hydrazine groups is 1. The SMILES string of the molecule is COc1cccc(OC)c1N=C(NN)C1CCC1.COc1cccc(OC)c1NC(=S)C1CCC1. The third-order valence-corrected chi connectivity index (χ3v) is 6.86. The third kappa shape index (κ3) is 6.55. The van der Waals surface area contributed by atoms with Crippen LogP contribution in [0.25, 0.3) is 0 Å². The summed E-state index contributed by atoms with van der Waals surface area (Å²) in [4.78, 5) is 5.46. The fourth-order valence-electron chi connectivity index (χ4n) is 3.86. The van der Waals surface area contributed by atoms with Crippen LogP contribution in [0.15, 0.2) is 41.4 Å². The Labute approximate surface area is 213 Å². The number of nitrogens with one attached hydrogen (secondary N) is 2. The van der Waals surface area contributed by atoms with Crippen LogP contribution in [0.5, 0.6) is 23.0 Å². The highest BCUT2D eigenvalue weighted by Crippen LogP contribution is 2.39. The molecule has 4 rings (SSSR count). The molecule has 0 aromatic heterocycles. The molecular formula is C26H36N4O4S. The first kappa shape index (κ1) is 26.6. The van der Waals surface area contributed by atoms with Gasteiger partial charge >= 0.3 is 0 Å². The lowest BCUT2D eigenvalue weighted by Crippen LogP contribution is -2.38. The second kappa shape index (κ2) is 13.2. The molecule has 2 fully saturated rings. The molecule has 0 heterocycles. The average molecular weight is 501 g/mol. The van der Waals surface area contributed by atoms with Crippen molar-refractivity contribution in [1.82, 2.24) is 5.43 Å². The van der Waals surface area contributed by atoms with E-state index < -0.39 is 0 Å². The number of nitrogens with zero attached hydrogens (tertiary/aromatic N) is 1. The number of para-hydroxylation sites is 2. The Balaban J connectivity index is 0.000000196. The maximum Gasteiger partial charge on any atom is 0.149 e. The van der Waals surface area contributed by atoms with E-state index in [1.54, 1.807) is 28.4 Å². The molecule has 2 saturated carbocycles. The minimum absolute atomic E-state index is 0.421. The molecule has 0 saturated heterocycles. The van der Waals surface area contributed by atoms with E-state index in [-0.39, 0.29) is 0 Å². The van der Waals surface area contributed by atoms with E-state index >= 15 is 0 Å². The van der Waals surface area contributed by atoms with E-state index in [1.807, 2.05) is 36.4 Å². The zero-order chi connectivity index (χ0) is 25.2. The zero-order valence-corrected chi connectivity index (χ0v) is 21.7. The van der Waals surface area contributed by atoms with Gasteiger partial charge in [-0.25, -0.2) is 10.8 Å². The number of nitrogens with two attached hydrogens (primary N) is 1. The first-order valence-electron chi connectivity index (χ1n) is 11.8. The molecule has 2 aliphatic carbocycles. The van der Waals surface area contributed by atoms with Gasteiger partial charge in [0.2, 0.25) is 0 Å². The summed E-state index contributed by atoms with van der Waals surface area (Å²) in [7, 11) is 6.53. The molecule has 0 bridgehead atoms. The average Bonchev–Trinajstić information content (AvgIpc) is 2.81. The first-order valence-corrected chi connectivity index (χ1v) is 12.2. The minimum atomic E-state index is 0.421. The van der Waals surface area contributed by atoms with Crippen LogP contribution in [0.1, 0.15) is 38.5 Å². The van der Waals surface area contributed by atoms with Gasteiger partial charge in [-0.2, -0.15) is 0 Å². The summed E-state index contributed by atoms with van der Waals surface area (Å²) in [5.74, 6) is 10.2. The Morgan fingerprint density at radius 2 is 1.26 bits per heavy atom. The molecule has 0 amide bonds. The van der Waals surface area contributed by atoms with Crippen LogP contribution < -0.4 is 35.5 Å². The zero-order valence-electron chi connectivity index (χ0n) is 20.9. The molecule has 0 atom stereocenters. The molecule has 190 valence electrons. The number of thiocarbonyl (C=S) groups is 1. The van der Waals surface area contributed by atoms with Crippen LogP contribution in [-0.4, -0.2) is 39.3 Å². The number of benzene rings is 2. The lowest BCUT2D eigenvalue weighted by molar-refractivity contribution is 0.393. The van der Waals surface area contributed by atoms with Crippen molar-refractivity contribution in [3.05, 3.63) is 36.4 Å². The second-order valence-corrected chi connectivity index (χ2v) is 8.87. The predicted molar refractivity (Wildman–Crippen MR) is 144 cm³/mol. The van der Waals surface area contributed by atoms with Gasteiger partial charge in [-0.05, 0) is 49.9 Å². The molecule has 0 unspecified atom stereocenters. The molecule has 0 aliphatic heterocycles. The lowest BCUT2D eigenvalue weighted by atomic mass is 9.84. The Morgan fingerprint density at radius 3 is 1.63 bits per heavy atom. The van der Waals surface area contributed by atoms with Gasteiger partial charge in [-0.1, -0.05) is 37.2 Å². The second-order valence-electron chi connectivity index (χ2n) is 8.43. The number of methoxy groups -OCH3 is 4. The largest absolute Gasteiger partial charge is 0.494 e. The van der Waals surface area contributed by atoms with Crippen molar-refractivity contribution in [2.75, 3.05) is 33.8 Å². The van der Waals surface area contributed by atoms with Crippen LogP contribution >= 0.6 is 12.2 Å². The molecule has 2 aromatic rings. The summed E-state index contributed by atoms with van der Waals surface area (Å²) < 4.78 is 21.3. The summed E-state index contributed by atoms with van der Waals surface area (Å²) in [6.45, 7) is 0. The monoisotopic (exact) mass is 500 g/mol. The van der Waals surface area contributed by atoms with Crippen LogP contribution in [0.2, 0.25) is 0 Å². The number of anilines is 1. The van der Waals surface area contributed by atoms with Crippen molar-refractivity contribution in [3.8, 4) is 23.0 Å². The number of hydrogen-bond acceptors (Lipinski definition) is 7. The Kier molecular flexibility index (Phi) is 9.98. The Morgan fingerprint density at radius 1 is 0.800 bits per heavy atom.